The molecule has 0 spiro atoms. The zero-order valence-electron chi connectivity index (χ0n) is 24.9. The van der Waals surface area contributed by atoms with Crippen LogP contribution in [0.2, 0.25) is 0 Å². The second-order valence-electron chi connectivity index (χ2n) is 10.9. The van der Waals surface area contributed by atoms with E-state index in [1.807, 2.05) is 12.3 Å². The highest BCUT2D eigenvalue weighted by molar-refractivity contribution is 7.89. The summed E-state index contributed by atoms with van der Waals surface area (Å²) in [5, 5.41) is 15.5. The van der Waals surface area contributed by atoms with E-state index in [2.05, 4.69) is 10.3 Å². The fraction of sp³-hybridized carbons (Fsp3) is 0.281. The third-order valence-corrected chi connectivity index (χ3v) is 10.4. The second-order valence-corrected chi connectivity index (χ2v) is 13.9. The predicted molar refractivity (Wildman–Crippen MR) is 169 cm³/mol. The van der Waals surface area contributed by atoms with E-state index < -0.39 is 45.7 Å². The van der Waals surface area contributed by atoms with E-state index in [9.17, 15) is 27.5 Å². The van der Waals surface area contributed by atoms with Crippen LogP contribution in [0.1, 0.15) is 34.6 Å². The van der Waals surface area contributed by atoms with Gasteiger partial charge in [-0.05, 0) is 55.5 Å². The number of nitrogens with one attached hydrogen (secondary N) is 1. The molecule has 236 valence electrons. The summed E-state index contributed by atoms with van der Waals surface area (Å²) in [4.78, 5) is 32.9. The molecule has 0 unspecified atom stereocenters. The van der Waals surface area contributed by atoms with E-state index >= 15 is 0 Å². The van der Waals surface area contributed by atoms with Crippen LogP contribution in [-0.2, 0) is 10.0 Å². The molecule has 1 aliphatic heterocycles. The smallest absolute Gasteiger partial charge is 0.258 e. The Hall–Kier alpha value is -4.17. The number of thiazole rings is 1. The molecule has 3 aromatic carbocycles. The quantitative estimate of drug-likeness (QED) is 0.267. The number of amides is 2. The van der Waals surface area contributed by atoms with Crippen LogP contribution in [0.15, 0.2) is 83.2 Å². The number of fused-ring (bicyclic) bond motifs is 1. The van der Waals surface area contributed by atoms with Crippen LogP contribution in [0.5, 0.6) is 5.75 Å². The lowest BCUT2D eigenvalue weighted by Gasteiger charge is -2.38. The van der Waals surface area contributed by atoms with Crippen molar-refractivity contribution in [2.24, 2.45) is 5.92 Å². The normalized spacial score (nSPS) is 17.6. The topological polar surface area (TPSA) is 129 Å². The van der Waals surface area contributed by atoms with Crippen molar-refractivity contribution in [3.8, 4) is 16.3 Å². The number of nitrogens with zero attached hydrogens (tertiary/aromatic N) is 3. The highest BCUT2D eigenvalue weighted by Crippen LogP contribution is 2.35. The third kappa shape index (κ3) is 6.91. The lowest BCUT2D eigenvalue weighted by atomic mass is 9.99. The molecule has 1 aromatic heterocycles. The van der Waals surface area contributed by atoms with Gasteiger partial charge in [-0.1, -0.05) is 25.1 Å². The van der Waals surface area contributed by atoms with Crippen molar-refractivity contribution in [3.05, 3.63) is 95.3 Å². The molecule has 0 radical (unpaired) electrons. The van der Waals surface area contributed by atoms with Gasteiger partial charge >= 0.3 is 0 Å². The molecule has 10 nitrogen and oxygen atoms in total. The van der Waals surface area contributed by atoms with Crippen LogP contribution in [0, 0.1) is 11.7 Å². The molecular formula is C32H33FN4O6S2. The Morgan fingerprint density at radius 2 is 1.89 bits per heavy atom. The van der Waals surface area contributed by atoms with Crippen LogP contribution in [-0.4, -0.2) is 78.4 Å². The van der Waals surface area contributed by atoms with Gasteiger partial charge in [-0.15, -0.1) is 11.3 Å². The Labute approximate surface area is 265 Å². The zero-order valence-corrected chi connectivity index (χ0v) is 26.5. The Morgan fingerprint density at radius 1 is 1.18 bits per heavy atom. The van der Waals surface area contributed by atoms with E-state index in [-0.39, 0.29) is 41.6 Å². The third-order valence-electron chi connectivity index (χ3n) is 7.72. The number of anilines is 1. The fourth-order valence-electron chi connectivity index (χ4n) is 5.02. The summed E-state index contributed by atoms with van der Waals surface area (Å²) >= 11 is 1.49. The number of aromatic nitrogens is 1. The van der Waals surface area contributed by atoms with Crippen molar-refractivity contribution < 1.29 is 32.2 Å². The minimum atomic E-state index is -4.01. The number of benzene rings is 3. The van der Waals surface area contributed by atoms with Crippen molar-refractivity contribution in [2.75, 3.05) is 32.1 Å². The fourth-order valence-corrected chi connectivity index (χ4v) is 6.85. The van der Waals surface area contributed by atoms with Crippen molar-refractivity contribution in [1.82, 2.24) is 14.2 Å². The SMILES string of the molecule is C[C@@H]1CN([C@H](C)CO)C(=O)c2cccc(NC(=O)c3ccc(-c4nccs4)cc3)c2O[C@H]1CN(C)S(=O)(=O)c1ccc(F)cc1. The maximum absolute atomic E-state index is 13.8. The standard InChI is InChI=1S/C32H33FN4O6S2/c1-20-17-37(21(2)19-38)32(40)26-5-4-6-27(35-30(39)22-7-9-23(10-8-22)31-34-15-16-44-31)29(26)43-28(20)18-36(3)45(41,42)25-13-11-24(33)12-14-25/h4-16,20-21,28,38H,17-19H2,1-3H3,(H,35,39)/t20-,21-,28+/m1/s1. The molecule has 1 aliphatic rings. The van der Waals surface area contributed by atoms with Crippen LogP contribution in [0.3, 0.4) is 0 Å². The largest absolute Gasteiger partial charge is 0.486 e. The van der Waals surface area contributed by atoms with Gasteiger partial charge in [-0.3, -0.25) is 9.59 Å². The van der Waals surface area contributed by atoms with Crippen molar-refractivity contribution in [2.45, 2.75) is 30.9 Å². The Bertz CT molecular complexity index is 1770. The minimum Gasteiger partial charge on any atom is -0.486 e. The van der Waals surface area contributed by atoms with Crippen molar-refractivity contribution in [3.63, 3.8) is 0 Å². The number of rotatable bonds is 9. The average Bonchev–Trinajstić information content (AvgIpc) is 3.58. The first kappa shape index (κ1) is 32.2. The van der Waals surface area contributed by atoms with Crippen LogP contribution in [0.25, 0.3) is 10.6 Å². The number of aliphatic hydroxyl groups excluding tert-OH is 1. The number of likely N-dealkylation sites (N-methyl/N-ethyl adjacent to an activating group) is 1. The molecule has 45 heavy (non-hydrogen) atoms. The highest BCUT2D eigenvalue weighted by Gasteiger charge is 2.36. The van der Waals surface area contributed by atoms with Crippen molar-refractivity contribution in [1.29, 1.82) is 0 Å². The summed E-state index contributed by atoms with van der Waals surface area (Å²) in [6.45, 7) is 3.32. The summed E-state index contributed by atoms with van der Waals surface area (Å²) < 4.78 is 47.8. The van der Waals surface area contributed by atoms with Crippen molar-refractivity contribution >= 4 is 38.9 Å². The van der Waals surface area contributed by atoms with Gasteiger partial charge in [-0.2, -0.15) is 4.31 Å². The molecule has 13 heteroatoms. The average molecular weight is 653 g/mol. The van der Waals surface area contributed by atoms with Gasteiger partial charge < -0.3 is 20.1 Å². The van der Waals surface area contributed by atoms with Gasteiger partial charge in [0.2, 0.25) is 10.0 Å². The number of ether oxygens (including phenoxy) is 1. The first-order chi connectivity index (χ1) is 21.5. The molecule has 3 atom stereocenters. The molecule has 0 saturated heterocycles. The van der Waals surface area contributed by atoms with E-state index in [0.29, 0.717) is 5.56 Å². The summed E-state index contributed by atoms with van der Waals surface area (Å²) in [5.41, 5.74) is 1.63. The summed E-state index contributed by atoms with van der Waals surface area (Å²) in [6, 6.07) is 15.7. The highest BCUT2D eigenvalue weighted by atomic mass is 32.2. The predicted octanol–water partition coefficient (Wildman–Crippen LogP) is 4.74. The van der Waals surface area contributed by atoms with E-state index in [1.165, 1.54) is 35.4 Å². The van der Waals surface area contributed by atoms with E-state index in [4.69, 9.17) is 4.74 Å². The maximum Gasteiger partial charge on any atom is 0.258 e. The first-order valence-corrected chi connectivity index (χ1v) is 16.6. The number of aliphatic hydroxyl groups is 1. The molecule has 0 fully saturated rings. The number of hydrogen-bond donors (Lipinski definition) is 2. The van der Waals surface area contributed by atoms with Gasteiger partial charge in [0.15, 0.2) is 5.75 Å². The summed E-state index contributed by atoms with van der Waals surface area (Å²) in [5.74, 6) is -1.70. The lowest BCUT2D eigenvalue weighted by molar-refractivity contribution is 0.0388. The molecule has 2 amide bonds. The lowest BCUT2D eigenvalue weighted by Crippen LogP contribution is -2.50. The van der Waals surface area contributed by atoms with E-state index in [1.54, 1.807) is 55.6 Å². The first-order valence-electron chi connectivity index (χ1n) is 14.2. The molecule has 0 saturated carbocycles. The van der Waals surface area contributed by atoms with Gasteiger partial charge in [0.05, 0.1) is 35.3 Å². The molecule has 0 aliphatic carbocycles. The molecule has 2 N–H and O–H groups in total. The number of hydrogen-bond acceptors (Lipinski definition) is 8. The van der Waals surface area contributed by atoms with E-state index in [0.717, 1.165) is 27.0 Å². The molecule has 5 rings (SSSR count). The van der Waals surface area contributed by atoms with Gasteiger partial charge in [0.25, 0.3) is 11.8 Å². The second kappa shape index (κ2) is 13.4. The number of halogens is 1. The number of carbonyl (C=O) groups is 2. The monoisotopic (exact) mass is 652 g/mol. The Balaban J connectivity index is 1.47. The molecule has 0 bridgehead atoms. The molecular weight excluding hydrogens is 620 g/mol. The Kier molecular flexibility index (Phi) is 9.63. The zero-order chi connectivity index (χ0) is 32.3. The van der Waals surface area contributed by atoms with Gasteiger partial charge in [0, 0.05) is 42.2 Å². The summed E-state index contributed by atoms with van der Waals surface area (Å²) in [6.07, 6.45) is 0.929. The number of carbonyl (C=O) groups excluding carboxylic acids is 2. The molecule has 2 heterocycles. The minimum absolute atomic E-state index is 0.0789. The number of sulfonamides is 1. The van der Waals surface area contributed by atoms with Crippen LogP contribution in [0.4, 0.5) is 10.1 Å². The summed E-state index contributed by atoms with van der Waals surface area (Å²) in [7, 11) is -2.62. The maximum atomic E-state index is 13.8. The number of para-hydroxylation sites is 1. The van der Waals surface area contributed by atoms with Gasteiger partial charge in [0.1, 0.15) is 16.9 Å². The van der Waals surface area contributed by atoms with Crippen LogP contribution < -0.4 is 10.1 Å². The van der Waals surface area contributed by atoms with Crippen LogP contribution >= 0.6 is 11.3 Å². The van der Waals surface area contributed by atoms with Gasteiger partial charge in [-0.25, -0.2) is 17.8 Å². The molecule has 4 aromatic rings. The Morgan fingerprint density at radius 3 is 2.53 bits per heavy atom.